The van der Waals surface area contributed by atoms with E-state index in [1.54, 1.807) is 6.07 Å². The zero-order valence-corrected chi connectivity index (χ0v) is 18.5. The Bertz CT molecular complexity index is 770. The second-order valence-corrected chi connectivity index (χ2v) is 7.57. The second-order valence-electron chi connectivity index (χ2n) is 7.57. The number of carbonyl (C=O) groups excluding carboxylic acids is 1. The molecule has 0 aliphatic rings. The van der Waals surface area contributed by atoms with E-state index >= 15 is 0 Å². The van der Waals surface area contributed by atoms with Crippen LogP contribution < -0.4 is 0 Å². The fraction of sp³-hybridized carbons (Fsp3) is 0.500. The molecule has 1 rings (SSSR count). The van der Waals surface area contributed by atoms with Gasteiger partial charge in [-0.15, -0.1) is 0 Å². The summed E-state index contributed by atoms with van der Waals surface area (Å²) in [4.78, 5) is 19.3. The third-order valence-corrected chi connectivity index (χ3v) is 5.20. The van der Waals surface area contributed by atoms with Crippen molar-refractivity contribution in [3.8, 4) is 0 Å². The summed E-state index contributed by atoms with van der Waals surface area (Å²) in [6, 6.07) is 3.78. The Labute approximate surface area is 174 Å². The van der Waals surface area contributed by atoms with Gasteiger partial charge in [-0.05, 0) is 63.7 Å². The Morgan fingerprint density at radius 1 is 1.31 bits per heavy atom. The Morgan fingerprint density at radius 3 is 2.41 bits per heavy atom. The average molecular weight is 403 g/mol. The van der Waals surface area contributed by atoms with Gasteiger partial charge < -0.3 is 5.11 Å². The van der Waals surface area contributed by atoms with E-state index in [0.29, 0.717) is 18.5 Å². The molecule has 0 fully saturated rings. The lowest BCUT2D eigenvalue weighted by atomic mass is 9.88. The van der Waals surface area contributed by atoms with Crippen LogP contribution in [0.15, 0.2) is 46.5 Å². The molecule has 2 atom stereocenters. The smallest absolute Gasteiger partial charge is 0.161 e. The zero-order chi connectivity index (χ0) is 22.1. The van der Waals surface area contributed by atoms with E-state index in [9.17, 15) is 14.3 Å². The van der Waals surface area contributed by atoms with E-state index in [1.807, 2.05) is 27.7 Å². The molecule has 0 aliphatic carbocycles. The van der Waals surface area contributed by atoms with Crippen LogP contribution in [0.3, 0.4) is 0 Å². The number of ketones is 1. The standard InChI is InChI=1S/C24H35FN2O2/c1-8-12-27(21(15-28)16(3)4)14-18(6)23(22(29)9-2)24(26-7)20-11-10-19(25)13-17(20)5/h10-11,13,21,24,28H,3,7-9,12,14-15H2,1-2,4-6H3/b23-18+. The van der Waals surface area contributed by atoms with Crippen LogP contribution in [0.4, 0.5) is 4.39 Å². The highest BCUT2D eigenvalue weighted by atomic mass is 19.1. The van der Waals surface area contributed by atoms with Crippen molar-refractivity contribution in [3.05, 3.63) is 58.4 Å². The van der Waals surface area contributed by atoms with Crippen molar-refractivity contribution in [2.45, 2.75) is 59.5 Å². The van der Waals surface area contributed by atoms with Crippen molar-refractivity contribution in [1.82, 2.24) is 4.90 Å². The Hall–Kier alpha value is -2.11. The highest BCUT2D eigenvalue weighted by molar-refractivity contribution is 5.97. The molecule has 5 heteroatoms. The van der Waals surface area contributed by atoms with Crippen molar-refractivity contribution in [2.75, 3.05) is 19.7 Å². The van der Waals surface area contributed by atoms with Crippen LogP contribution in [0.2, 0.25) is 0 Å². The van der Waals surface area contributed by atoms with Crippen molar-refractivity contribution >= 4 is 12.5 Å². The van der Waals surface area contributed by atoms with Gasteiger partial charge in [0.25, 0.3) is 0 Å². The number of carbonyl (C=O) groups is 1. The molecular formula is C24H35FN2O2. The molecule has 2 unspecified atom stereocenters. The van der Waals surface area contributed by atoms with E-state index < -0.39 is 6.04 Å². The Balaban J connectivity index is 3.48. The SMILES string of the molecule is C=NC(/C(C(=O)CC)=C(\C)CN(CCC)C(CO)C(=C)C)c1ccc(F)cc1C. The summed E-state index contributed by atoms with van der Waals surface area (Å²) in [5.74, 6) is -0.324. The third-order valence-electron chi connectivity index (χ3n) is 5.20. The van der Waals surface area contributed by atoms with Gasteiger partial charge in [0.15, 0.2) is 5.78 Å². The maximum Gasteiger partial charge on any atom is 0.161 e. The quantitative estimate of drug-likeness (QED) is 0.310. The van der Waals surface area contributed by atoms with Crippen molar-refractivity contribution in [3.63, 3.8) is 0 Å². The minimum absolute atomic E-state index is 0.00375. The lowest BCUT2D eigenvalue weighted by Crippen LogP contribution is -2.40. The highest BCUT2D eigenvalue weighted by Gasteiger charge is 2.26. The number of nitrogens with zero attached hydrogens (tertiary/aromatic N) is 2. The molecule has 0 aromatic heterocycles. The van der Waals surface area contributed by atoms with Gasteiger partial charge in [0, 0.05) is 18.5 Å². The number of Topliss-reactive ketones (excluding diaryl/α,β-unsaturated/α-hetero) is 1. The first-order chi connectivity index (χ1) is 13.7. The van der Waals surface area contributed by atoms with E-state index in [-0.39, 0.29) is 24.2 Å². The third kappa shape index (κ3) is 6.44. The van der Waals surface area contributed by atoms with Gasteiger partial charge in [0.1, 0.15) is 11.9 Å². The van der Waals surface area contributed by atoms with Crippen LogP contribution in [0.25, 0.3) is 0 Å². The number of halogens is 1. The van der Waals surface area contributed by atoms with E-state index in [4.69, 9.17) is 0 Å². The number of aliphatic imine (C=N–C) groups is 1. The number of benzene rings is 1. The van der Waals surface area contributed by atoms with Gasteiger partial charge in [-0.25, -0.2) is 4.39 Å². The van der Waals surface area contributed by atoms with Gasteiger partial charge >= 0.3 is 0 Å². The minimum Gasteiger partial charge on any atom is -0.394 e. The lowest BCUT2D eigenvalue weighted by Gasteiger charge is -2.32. The first-order valence-electron chi connectivity index (χ1n) is 10.2. The molecular weight excluding hydrogens is 367 g/mol. The molecule has 1 aromatic carbocycles. The molecule has 0 saturated carbocycles. The van der Waals surface area contributed by atoms with E-state index in [0.717, 1.165) is 35.2 Å². The predicted molar refractivity (Wildman–Crippen MR) is 119 cm³/mol. The average Bonchev–Trinajstić information content (AvgIpc) is 2.66. The van der Waals surface area contributed by atoms with Gasteiger partial charge in [-0.2, -0.15) is 0 Å². The van der Waals surface area contributed by atoms with Crippen molar-refractivity contribution < 1.29 is 14.3 Å². The summed E-state index contributed by atoms with van der Waals surface area (Å²) in [6.45, 7) is 18.5. The summed E-state index contributed by atoms with van der Waals surface area (Å²) in [6.07, 6.45) is 1.25. The van der Waals surface area contributed by atoms with Gasteiger partial charge in [-0.3, -0.25) is 14.7 Å². The number of aliphatic hydroxyl groups excluding tert-OH is 1. The van der Waals surface area contributed by atoms with Gasteiger partial charge in [0.2, 0.25) is 0 Å². The Morgan fingerprint density at radius 2 is 1.97 bits per heavy atom. The summed E-state index contributed by atoms with van der Waals surface area (Å²) >= 11 is 0. The number of hydrogen-bond donors (Lipinski definition) is 1. The fourth-order valence-corrected chi connectivity index (χ4v) is 3.71. The molecule has 160 valence electrons. The molecule has 0 bridgehead atoms. The monoisotopic (exact) mass is 402 g/mol. The molecule has 1 aromatic rings. The predicted octanol–water partition coefficient (Wildman–Crippen LogP) is 4.82. The molecule has 0 spiro atoms. The summed E-state index contributed by atoms with van der Waals surface area (Å²) in [5, 5.41) is 9.85. The molecule has 0 heterocycles. The topological polar surface area (TPSA) is 52.9 Å². The van der Waals surface area contributed by atoms with Crippen LogP contribution in [-0.4, -0.2) is 48.2 Å². The molecule has 0 amide bonds. The normalized spacial score (nSPS) is 14.3. The second kappa shape index (κ2) is 11.8. The molecule has 0 aliphatic heterocycles. The summed E-state index contributed by atoms with van der Waals surface area (Å²) in [7, 11) is 0. The van der Waals surface area contributed by atoms with Crippen LogP contribution in [-0.2, 0) is 4.79 Å². The molecule has 0 saturated heterocycles. The maximum absolute atomic E-state index is 13.6. The molecule has 0 radical (unpaired) electrons. The number of aryl methyl sites for hydroxylation is 1. The van der Waals surface area contributed by atoms with E-state index in [2.05, 4.69) is 30.1 Å². The first-order valence-corrected chi connectivity index (χ1v) is 10.2. The fourth-order valence-electron chi connectivity index (χ4n) is 3.71. The summed E-state index contributed by atoms with van der Waals surface area (Å²) in [5.41, 5.74) is 3.86. The van der Waals surface area contributed by atoms with Crippen LogP contribution in [0.5, 0.6) is 0 Å². The Kier molecular flexibility index (Phi) is 10.1. The molecule has 29 heavy (non-hydrogen) atoms. The first kappa shape index (κ1) is 24.9. The molecule has 4 nitrogen and oxygen atoms in total. The maximum atomic E-state index is 13.6. The number of aliphatic hydroxyl groups is 1. The van der Waals surface area contributed by atoms with Crippen molar-refractivity contribution in [2.24, 2.45) is 4.99 Å². The number of hydrogen-bond acceptors (Lipinski definition) is 4. The van der Waals surface area contributed by atoms with Gasteiger partial charge in [0.05, 0.1) is 12.6 Å². The highest BCUT2D eigenvalue weighted by Crippen LogP contribution is 2.32. The van der Waals surface area contributed by atoms with Crippen LogP contribution in [0, 0.1) is 12.7 Å². The van der Waals surface area contributed by atoms with Crippen LogP contribution >= 0.6 is 0 Å². The summed E-state index contributed by atoms with van der Waals surface area (Å²) < 4.78 is 13.6. The lowest BCUT2D eigenvalue weighted by molar-refractivity contribution is -0.115. The van der Waals surface area contributed by atoms with E-state index in [1.165, 1.54) is 12.1 Å². The minimum atomic E-state index is -0.552. The van der Waals surface area contributed by atoms with Crippen LogP contribution in [0.1, 0.15) is 57.7 Å². The van der Waals surface area contributed by atoms with Gasteiger partial charge in [-0.1, -0.05) is 37.6 Å². The zero-order valence-electron chi connectivity index (χ0n) is 18.5. The van der Waals surface area contributed by atoms with Crippen molar-refractivity contribution in [1.29, 1.82) is 0 Å². The molecule has 1 N–H and O–H groups in total. The largest absolute Gasteiger partial charge is 0.394 e. The number of rotatable bonds is 12.